The number of aromatic hydroxyl groups is 1. The number of hydrogen-bond donors (Lipinski definition) is 2. The van der Waals surface area contributed by atoms with Gasteiger partial charge in [-0.3, -0.25) is 10.1 Å². The highest BCUT2D eigenvalue weighted by Crippen LogP contribution is 2.25. The predicted octanol–water partition coefficient (Wildman–Crippen LogP) is 5.98. The van der Waals surface area contributed by atoms with Crippen LogP contribution in [0.15, 0.2) is 18.2 Å². The number of carbonyl (C=O) groups is 1. The van der Waals surface area contributed by atoms with E-state index in [1.807, 2.05) is 0 Å². The zero-order chi connectivity index (χ0) is 20.8. The summed E-state index contributed by atoms with van der Waals surface area (Å²) < 4.78 is 0. The number of nitro groups is 1. The summed E-state index contributed by atoms with van der Waals surface area (Å²) in [6.07, 6.45) is 13.1. The first-order valence-corrected chi connectivity index (χ1v) is 10.6. The number of aryl methyl sites for hydroxylation is 1. The molecule has 0 aliphatic carbocycles. The van der Waals surface area contributed by atoms with E-state index in [9.17, 15) is 20.0 Å². The summed E-state index contributed by atoms with van der Waals surface area (Å²) in [5.41, 5.74) is 0.291. The number of rotatable bonds is 16. The molecule has 6 nitrogen and oxygen atoms in total. The lowest BCUT2D eigenvalue weighted by Gasteiger charge is -2.11. The van der Waals surface area contributed by atoms with E-state index >= 15 is 0 Å². The molecule has 1 aromatic carbocycles. The Morgan fingerprint density at radius 2 is 1.57 bits per heavy atom. The van der Waals surface area contributed by atoms with Crippen LogP contribution in [0.4, 0.5) is 0 Å². The highest BCUT2D eigenvalue weighted by atomic mass is 16.6. The summed E-state index contributed by atoms with van der Waals surface area (Å²) in [5.74, 6) is -1.48. The molecule has 1 aromatic rings. The fourth-order valence-electron chi connectivity index (χ4n) is 3.51. The van der Waals surface area contributed by atoms with Gasteiger partial charge in [0.15, 0.2) is 0 Å². The van der Waals surface area contributed by atoms with Gasteiger partial charge in [0.2, 0.25) is 6.04 Å². The van der Waals surface area contributed by atoms with Crippen LogP contribution in [0.3, 0.4) is 0 Å². The molecule has 0 fully saturated rings. The third-order valence-corrected chi connectivity index (χ3v) is 5.29. The van der Waals surface area contributed by atoms with Gasteiger partial charge in [0.1, 0.15) is 11.3 Å². The van der Waals surface area contributed by atoms with Crippen LogP contribution in [-0.2, 0) is 6.42 Å². The summed E-state index contributed by atoms with van der Waals surface area (Å²) >= 11 is 0. The Labute approximate surface area is 168 Å². The van der Waals surface area contributed by atoms with Crippen molar-refractivity contribution in [2.24, 2.45) is 0 Å². The number of aromatic carboxylic acids is 1. The first kappa shape index (κ1) is 23.9. The standard InChI is InChI=1S/C22H35NO5/c1-2-3-4-5-6-7-8-9-10-11-14-19(23(27)28)17-16-18-13-12-15-20(21(18)24)22(25)26/h12-13,15,19,24H,2-11,14,16-17H2,1H3,(H,25,26). The molecule has 0 aromatic heterocycles. The lowest BCUT2D eigenvalue weighted by Crippen LogP contribution is -2.20. The SMILES string of the molecule is CCCCCCCCCCCCC(CCc1cccc(C(=O)O)c1O)[N+](=O)[O-]. The number of unbranched alkanes of at least 4 members (excludes halogenated alkanes) is 9. The van der Waals surface area contributed by atoms with Crippen LogP contribution in [0.1, 0.15) is 99.9 Å². The second-order valence-electron chi connectivity index (χ2n) is 7.57. The van der Waals surface area contributed by atoms with Gasteiger partial charge in [-0.15, -0.1) is 0 Å². The van der Waals surface area contributed by atoms with Gasteiger partial charge in [-0.2, -0.15) is 0 Å². The molecule has 0 aliphatic heterocycles. The third-order valence-electron chi connectivity index (χ3n) is 5.29. The average molecular weight is 394 g/mol. The molecule has 0 saturated heterocycles. The third kappa shape index (κ3) is 9.20. The first-order valence-electron chi connectivity index (χ1n) is 10.6. The maximum Gasteiger partial charge on any atom is 0.339 e. The Balaban J connectivity index is 2.28. The maximum atomic E-state index is 11.3. The Bertz CT molecular complexity index is 603. The molecule has 0 radical (unpaired) electrons. The van der Waals surface area contributed by atoms with Gasteiger partial charge in [-0.1, -0.05) is 76.8 Å². The molecule has 2 N–H and O–H groups in total. The van der Waals surface area contributed by atoms with Gasteiger partial charge < -0.3 is 10.2 Å². The molecule has 0 bridgehead atoms. The fourth-order valence-corrected chi connectivity index (χ4v) is 3.51. The second-order valence-corrected chi connectivity index (χ2v) is 7.57. The van der Waals surface area contributed by atoms with Crippen molar-refractivity contribution in [1.29, 1.82) is 0 Å². The minimum Gasteiger partial charge on any atom is -0.507 e. The monoisotopic (exact) mass is 393 g/mol. The highest BCUT2D eigenvalue weighted by Gasteiger charge is 2.21. The van der Waals surface area contributed by atoms with Crippen molar-refractivity contribution in [2.75, 3.05) is 0 Å². The minimum absolute atomic E-state index is 0.162. The van der Waals surface area contributed by atoms with Gasteiger partial charge >= 0.3 is 5.97 Å². The summed E-state index contributed by atoms with van der Waals surface area (Å²) in [7, 11) is 0. The Kier molecular flexibility index (Phi) is 11.9. The molecule has 28 heavy (non-hydrogen) atoms. The van der Waals surface area contributed by atoms with Crippen molar-refractivity contribution in [3.8, 4) is 5.75 Å². The number of para-hydroxylation sites is 1. The van der Waals surface area contributed by atoms with Crippen molar-refractivity contribution < 1.29 is 19.9 Å². The van der Waals surface area contributed by atoms with E-state index < -0.39 is 12.0 Å². The van der Waals surface area contributed by atoms with Crippen LogP contribution < -0.4 is 0 Å². The zero-order valence-electron chi connectivity index (χ0n) is 17.1. The number of nitrogens with zero attached hydrogens (tertiary/aromatic N) is 1. The smallest absolute Gasteiger partial charge is 0.339 e. The van der Waals surface area contributed by atoms with Crippen LogP contribution in [0.5, 0.6) is 5.75 Å². The molecular formula is C22H35NO5. The molecule has 0 amide bonds. The van der Waals surface area contributed by atoms with E-state index in [4.69, 9.17) is 5.11 Å². The second kappa shape index (κ2) is 14.0. The molecule has 6 heteroatoms. The summed E-state index contributed by atoms with van der Waals surface area (Å²) in [6, 6.07) is 3.86. The first-order chi connectivity index (χ1) is 13.5. The van der Waals surface area contributed by atoms with E-state index in [0.29, 0.717) is 24.8 Å². The molecule has 0 heterocycles. The molecule has 0 aliphatic rings. The van der Waals surface area contributed by atoms with Crippen LogP contribution in [0.2, 0.25) is 0 Å². The van der Waals surface area contributed by atoms with Crippen LogP contribution >= 0.6 is 0 Å². The lowest BCUT2D eigenvalue weighted by atomic mass is 9.98. The van der Waals surface area contributed by atoms with Gasteiger partial charge in [0.25, 0.3) is 0 Å². The Morgan fingerprint density at radius 1 is 1.00 bits per heavy atom. The topological polar surface area (TPSA) is 101 Å². The number of carboxylic acid groups (broad SMARTS) is 1. The van der Waals surface area contributed by atoms with Crippen molar-refractivity contribution >= 4 is 5.97 Å². The molecule has 0 spiro atoms. The summed E-state index contributed by atoms with van der Waals surface area (Å²) in [6.45, 7) is 2.22. The number of hydrogen-bond acceptors (Lipinski definition) is 4. The van der Waals surface area contributed by atoms with Crippen molar-refractivity contribution in [3.63, 3.8) is 0 Å². The minimum atomic E-state index is -1.20. The Hall–Kier alpha value is -2.11. The number of phenols is 1. The fraction of sp³-hybridized carbons (Fsp3) is 0.682. The van der Waals surface area contributed by atoms with E-state index in [1.54, 1.807) is 12.1 Å². The van der Waals surface area contributed by atoms with Crippen LogP contribution in [0.25, 0.3) is 0 Å². The van der Waals surface area contributed by atoms with Gasteiger partial charge in [-0.05, 0) is 24.5 Å². The van der Waals surface area contributed by atoms with Crippen LogP contribution in [0, 0.1) is 10.1 Å². The van der Waals surface area contributed by atoms with Crippen molar-refractivity contribution in [2.45, 2.75) is 96.4 Å². The van der Waals surface area contributed by atoms with Gasteiger partial charge in [0, 0.05) is 17.8 Å². The summed E-state index contributed by atoms with van der Waals surface area (Å²) in [4.78, 5) is 22.1. The normalized spacial score (nSPS) is 12.0. The van der Waals surface area contributed by atoms with Crippen LogP contribution in [-0.4, -0.2) is 27.1 Å². The van der Waals surface area contributed by atoms with E-state index in [-0.39, 0.29) is 16.2 Å². The van der Waals surface area contributed by atoms with E-state index in [0.717, 1.165) is 19.3 Å². The number of benzene rings is 1. The van der Waals surface area contributed by atoms with Crippen molar-refractivity contribution in [3.05, 3.63) is 39.4 Å². The molecule has 1 unspecified atom stereocenters. The zero-order valence-corrected chi connectivity index (χ0v) is 17.1. The molecular weight excluding hydrogens is 358 g/mol. The van der Waals surface area contributed by atoms with Crippen molar-refractivity contribution in [1.82, 2.24) is 0 Å². The van der Waals surface area contributed by atoms with E-state index in [1.165, 1.54) is 51.0 Å². The maximum absolute atomic E-state index is 11.3. The predicted molar refractivity (Wildman–Crippen MR) is 111 cm³/mol. The van der Waals surface area contributed by atoms with Gasteiger partial charge in [0.05, 0.1) is 0 Å². The number of carboxylic acids is 1. The molecule has 158 valence electrons. The lowest BCUT2D eigenvalue weighted by molar-refractivity contribution is -0.524. The quantitative estimate of drug-likeness (QED) is 0.204. The highest BCUT2D eigenvalue weighted by molar-refractivity contribution is 5.91. The Morgan fingerprint density at radius 3 is 2.11 bits per heavy atom. The molecule has 1 atom stereocenters. The average Bonchev–Trinajstić information content (AvgIpc) is 2.66. The largest absolute Gasteiger partial charge is 0.507 e. The molecule has 0 saturated carbocycles. The summed E-state index contributed by atoms with van der Waals surface area (Å²) in [5, 5.41) is 30.4. The van der Waals surface area contributed by atoms with E-state index in [2.05, 4.69) is 6.92 Å². The van der Waals surface area contributed by atoms with Gasteiger partial charge in [-0.25, -0.2) is 4.79 Å². The molecule has 1 rings (SSSR count).